The van der Waals surface area contributed by atoms with Crippen molar-refractivity contribution in [2.45, 2.75) is 144 Å². The molecular formula is C32H56N2S. The van der Waals surface area contributed by atoms with E-state index in [0.717, 1.165) is 23.0 Å². The molecule has 3 heteroatoms. The maximum atomic E-state index is 5.58. The number of aromatic nitrogens is 1. The van der Waals surface area contributed by atoms with Crippen LogP contribution in [0.2, 0.25) is 0 Å². The number of hydrogen-bond donors (Lipinski definition) is 1. The summed E-state index contributed by atoms with van der Waals surface area (Å²) in [7, 11) is 0. The summed E-state index contributed by atoms with van der Waals surface area (Å²) in [5, 5.41) is 3.30. The Balaban J connectivity index is 0.000000340. The summed E-state index contributed by atoms with van der Waals surface area (Å²) < 4.78 is 0. The van der Waals surface area contributed by atoms with Crippen LogP contribution in [0.3, 0.4) is 0 Å². The van der Waals surface area contributed by atoms with E-state index >= 15 is 0 Å². The third-order valence-electron chi connectivity index (χ3n) is 7.51. The Labute approximate surface area is 222 Å². The zero-order valence-electron chi connectivity index (χ0n) is 24.8. The Morgan fingerprint density at radius 1 is 0.886 bits per heavy atom. The van der Waals surface area contributed by atoms with Crippen LogP contribution >= 0.6 is 11.3 Å². The number of nitrogens with two attached hydrogens (primary N) is 1. The second-order valence-electron chi connectivity index (χ2n) is 11.9. The Bertz CT molecular complexity index is 843. The lowest BCUT2D eigenvalue weighted by Gasteiger charge is -2.42. The number of fused-ring (bicyclic) bond motifs is 1. The molecule has 0 saturated heterocycles. The summed E-state index contributed by atoms with van der Waals surface area (Å²) in [4.78, 5) is 4.63. The zero-order valence-corrected chi connectivity index (χ0v) is 25.6. The van der Waals surface area contributed by atoms with Crippen LogP contribution in [0.5, 0.6) is 0 Å². The summed E-state index contributed by atoms with van der Waals surface area (Å²) in [6.07, 6.45) is 11.6. The van der Waals surface area contributed by atoms with E-state index in [2.05, 4.69) is 97.8 Å². The van der Waals surface area contributed by atoms with Crippen LogP contribution in [0.15, 0.2) is 23.6 Å². The molecule has 1 heterocycles. The quantitative estimate of drug-likeness (QED) is 0.391. The molecule has 1 unspecified atom stereocenters. The largest absolute Gasteiger partial charge is 0.328 e. The Kier molecular flexibility index (Phi) is 13.8. The molecule has 0 spiro atoms. The normalized spacial score (nSPS) is 16.5. The predicted molar refractivity (Wildman–Crippen MR) is 160 cm³/mol. The molecule has 0 radical (unpaired) electrons. The van der Waals surface area contributed by atoms with Crippen molar-refractivity contribution in [1.82, 2.24) is 4.98 Å². The van der Waals surface area contributed by atoms with Crippen molar-refractivity contribution in [1.29, 1.82) is 0 Å². The van der Waals surface area contributed by atoms with Gasteiger partial charge in [-0.15, -0.1) is 11.3 Å². The molecule has 1 aromatic carbocycles. The van der Waals surface area contributed by atoms with Crippen LogP contribution in [-0.2, 0) is 10.8 Å². The third kappa shape index (κ3) is 10.4. The fourth-order valence-corrected chi connectivity index (χ4v) is 5.57. The summed E-state index contributed by atoms with van der Waals surface area (Å²) in [5.41, 5.74) is 11.6. The van der Waals surface area contributed by atoms with Crippen molar-refractivity contribution in [2.75, 3.05) is 0 Å². The number of thiazole rings is 1. The molecule has 1 aliphatic rings. The zero-order chi connectivity index (χ0) is 26.6. The van der Waals surface area contributed by atoms with Gasteiger partial charge in [-0.05, 0) is 66.5 Å². The monoisotopic (exact) mass is 500 g/mol. The van der Waals surface area contributed by atoms with E-state index in [1.165, 1.54) is 68.1 Å². The lowest BCUT2D eigenvalue weighted by Crippen LogP contribution is -2.33. The van der Waals surface area contributed by atoms with Gasteiger partial charge in [0.15, 0.2) is 0 Å². The molecule has 2 nitrogen and oxygen atoms in total. The van der Waals surface area contributed by atoms with E-state index in [9.17, 15) is 0 Å². The fourth-order valence-electron chi connectivity index (χ4n) is 4.95. The fraction of sp³-hybridized carbons (Fsp3) is 0.719. The van der Waals surface area contributed by atoms with Crippen LogP contribution < -0.4 is 5.73 Å². The first-order valence-electron chi connectivity index (χ1n) is 14.2. The lowest BCUT2D eigenvalue weighted by atomic mass is 9.63. The second-order valence-corrected chi connectivity index (χ2v) is 13.0. The molecule has 35 heavy (non-hydrogen) atoms. The van der Waals surface area contributed by atoms with Gasteiger partial charge in [-0.1, -0.05) is 107 Å². The van der Waals surface area contributed by atoms with Crippen molar-refractivity contribution in [3.63, 3.8) is 0 Å². The molecule has 0 aliphatic heterocycles. The second kappa shape index (κ2) is 15.2. The van der Waals surface area contributed by atoms with Gasteiger partial charge in [0.2, 0.25) is 0 Å². The van der Waals surface area contributed by atoms with Crippen molar-refractivity contribution in [3.05, 3.63) is 39.7 Å². The molecule has 0 bridgehead atoms. The highest BCUT2D eigenvalue weighted by Crippen LogP contribution is 2.46. The van der Waals surface area contributed by atoms with Gasteiger partial charge in [0.1, 0.15) is 0 Å². The van der Waals surface area contributed by atoms with Gasteiger partial charge in [-0.3, -0.25) is 0 Å². The number of rotatable bonds is 8. The summed E-state index contributed by atoms with van der Waals surface area (Å²) in [6.45, 7) is 22.7. The van der Waals surface area contributed by atoms with Crippen molar-refractivity contribution in [2.24, 2.45) is 11.7 Å². The summed E-state index contributed by atoms with van der Waals surface area (Å²) >= 11 is 1.73. The van der Waals surface area contributed by atoms with E-state index in [4.69, 9.17) is 5.73 Å². The Hall–Kier alpha value is -1.19. The van der Waals surface area contributed by atoms with Gasteiger partial charge in [0.05, 0.1) is 10.7 Å². The van der Waals surface area contributed by atoms with Crippen LogP contribution in [0.25, 0.3) is 11.3 Å². The van der Waals surface area contributed by atoms with E-state index in [1.807, 2.05) is 0 Å². The molecule has 1 aliphatic carbocycles. The minimum atomic E-state index is 0.270. The molecule has 1 atom stereocenters. The molecule has 3 rings (SSSR count). The summed E-state index contributed by atoms with van der Waals surface area (Å²) in [5.74, 6) is 0.963. The highest BCUT2D eigenvalue weighted by molar-refractivity contribution is 7.09. The van der Waals surface area contributed by atoms with Crippen LogP contribution in [0, 0.1) is 12.8 Å². The molecule has 2 aromatic rings. The van der Waals surface area contributed by atoms with Gasteiger partial charge in [-0.2, -0.15) is 0 Å². The first-order chi connectivity index (χ1) is 16.4. The van der Waals surface area contributed by atoms with Crippen LogP contribution in [-0.4, -0.2) is 11.0 Å². The number of benzene rings is 1. The van der Waals surface area contributed by atoms with Gasteiger partial charge >= 0.3 is 0 Å². The number of aryl methyl sites for hydroxylation is 1. The highest BCUT2D eigenvalue weighted by atomic mass is 32.1. The molecule has 1 aromatic heterocycles. The SMILES string of the molecule is CCCC(C)CCC.CCCC(N)CC.Cc1nc(-c2ccc3c(c2)C(C)(C)CCC3(C)C)cs1. The minimum absolute atomic E-state index is 0.270. The van der Waals surface area contributed by atoms with E-state index < -0.39 is 0 Å². The van der Waals surface area contributed by atoms with Crippen molar-refractivity contribution in [3.8, 4) is 11.3 Å². The number of nitrogens with zero attached hydrogens (tertiary/aromatic N) is 1. The van der Waals surface area contributed by atoms with Crippen LogP contribution in [0.1, 0.15) is 136 Å². The van der Waals surface area contributed by atoms with E-state index in [0.29, 0.717) is 11.5 Å². The molecule has 0 saturated carbocycles. The van der Waals surface area contributed by atoms with E-state index in [1.54, 1.807) is 11.3 Å². The average molecular weight is 501 g/mol. The first kappa shape index (κ1) is 31.8. The van der Waals surface area contributed by atoms with Crippen LogP contribution in [0.4, 0.5) is 0 Å². The smallest absolute Gasteiger partial charge is 0.0901 e. The maximum Gasteiger partial charge on any atom is 0.0901 e. The van der Waals surface area contributed by atoms with Gasteiger partial charge in [0, 0.05) is 17.0 Å². The molecular weight excluding hydrogens is 444 g/mol. The molecule has 2 N–H and O–H groups in total. The lowest BCUT2D eigenvalue weighted by molar-refractivity contribution is 0.332. The molecule has 0 amide bonds. The standard InChI is InChI=1S/C18H23NS.C8H18.C6H15N/c1-12-19-16(11-20-12)13-6-7-14-15(10-13)18(4,5)9-8-17(14,2)3;1-4-6-8(3)7-5-2;1-3-5-6(7)4-2/h6-7,10-11H,8-9H2,1-5H3;8H,4-7H2,1-3H3;6H,3-5,7H2,1-2H3. The maximum absolute atomic E-state index is 5.58. The molecule has 0 fully saturated rings. The van der Waals surface area contributed by atoms with Gasteiger partial charge < -0.3 is 5.73 Å². The Morgan fingerprint density at radius 3 is 1.86 bits per heavy atom. The highest BCUT2D eigenvalue weighted by Gasteiger charge is 2.37. The summed E-state index contributed by atoms with van der Waals surface area (Å²) in [6, 6.07) is 7.41. The topological polar surface area (TPSA) is 38.9 Å². The number of hydrogen-bond acceptors (Lipinski definition) is 3. The third-order valence-corrected chi connectivity index (χ3v) is 8.29. The molecule has 200 valence electrons. The predicted octanol–water partition coefficient (Wildman–Crippen LogP) is 10.2. The van der Waals surface area contributed by atoms with Crippen molar-refractivity contribution >= 4 is 11.3 Å². The van der Waals surface area contributed by atoms with E-state index in [-0.39, 0.29) is 5.41 Å². The van der Waals surface area contributed by atoms with Gasteiger partial charge in [0.25, 0.3) is 0 Å². The average Bonchev–Trinajstić information content (AvgIpc) is 3.24. The first-order valence-corrected chi connectivity index (χ1v) is 15.1. The minimum Gasteiger partial charge on any atom is -0.328 e. The Morgan fingerprint density at radius 2 is 1.43 bits per heavy atom. The van der Waals surface area contributed by atoms with Gasteiger partial charge in [-0.25, -0.2) is 4.98 Å². The van der Waals surface area contributed by atoms with Crippen molar-refractivity contribution < 1.29 is 0 Å².